The van der Waals surface area contributed by atoms with Crippen molar-refractivity contribution in [3.8, 4) is 0 Å². The van der Waals surface area contributed by atoms with Crippen molar-refractivity contribution in [1.29, 1.82) is 0 Å². The Morgan fingerprint density at radius 1 is 1.16 bits per heavy atom. The lowest BCUT2D eigenvalue weighted by molar-refractivity contribution is 0.575. The first-order valence-electron chi connectivity index (χ1n) is 7.58. The average molecular weight is 400 g/mol. The first-order chi connectivity index (χ1) is 12.1. The minimum atomic E-state index is -0.485. The molecule has 0 atom stereocenters. The van der Waals surface area contributed by atoms with Crippen LogP contribution in [0.4, 0.5) is 10.1 Å². The Morgan fingerprint density at radius 3 is 2.76 bits per heavy atom. The predicted molar refractivity (Wildman–Crippen MR) is 99.0 cm³/mol. The molecule has 0 aliphatic rings. The second kappa shape index (κ2) is 7.94. The van der Waals surface area contributed by atoms with E-state index >= 15 is 0 Å². The van der Waals surface area contributed by atoms with Crippen molar-refractivity contribution in [2.45, 2.75) is 13.3 Å². The van der Waals surface area contributed by atoms with Gasteiger partial charge in [0.05, 0.1) is 17.6 Å². The fourth-order valence-electron chi connectivity index (χ4n) is 2.21. The van der Waals surface area contributed by atoms with Gasteiger partial charge >= 0.3 is 0 Å². The number of nitrogens with one attached hydrogen (secondary N) is 1. The molecule has 7 heteroatoms. The van der Waals surface area contributed by atoms with Crippen LogP contribution in [0.2, 0.25) is 0 Å². The lowest BCUT2D eigenvalue weighted by Crippen LogP contribution is -2.10. The number of anilines is 1. The molecule has 0 fully saturated rings. The molecule has 0 saturated carbocycles. The minimum Gasteiger partial charge on any atom is -0.277 e. The molecule has 0 aliphatic carbocycles. The average Bonchev–Trinajstić information content (AvgIpc) is 2.62. The molecule has 0 radical (unpaired) electrons. The van der Waals surface area contributed by atoms with Crippen LogP contribution in [0.15, 0.2) is 64.7 Å². The van der Waals surface area contributed by atoms with E-state index in [0.717, 1.165) is 21.6 Å². The van der Waals surface area contributed by atoms with Crippen LogP contribution in [0.25, 0.3) is 0 Å². The van der Waals surface area contributed by atoms with Gasteiger partial charge < -0.3 is 0 Å². The third kappa shape index (κ3) is 4.67. The lowest BCUT2D eigenvalue weighted by Gasteiger charge is -2.09. The van der Waals surface area contributed by atoms with Gasteiger partial charge in [-0.2, -0.15) is 9.49 Å². The summed E-state index contributed by atoms with van der Waals surface area (Å²) in [4.78, 5) is 12.2. The molecule has 0 aliphatic heterocycles. The van der Waals surface area contributed by atoms with E-state index in [1.165, 1.54) is 6.20 Å². The smallest absolute Gasteiger partial charge is 0.215 e. The van der Waals surface area contributed by atoms with Crippen molar-refractivity contribution in [2.24, 2.45) is 5.10 Å². The Labute approximate surface area is 153 Å². The highest BCUT2D eigenvalue weighted by Gasteiger charge is 2.08. The van der Waals surface area contributed by atoms with E-state index < -0.39 is 5.95 Å². The van der Waals surface area contributed by atoms with E-state index in [1.807, 2.05) is 30.3 Å². The summed E-state index contributed by atoms with van der Waals surface area (Å²) in [5, 5.41) is 4.49. The van der Waals surface area contributed by atoms with Crippen molar-refractivity contribution in [3.63, 3.8) is 0 Å². The van der Waals surface area contributed by atoms with E-state index in [9.17, 15) is 4.39 Å². The van der Waals surface area contributed by atoms with E-state index in [-0.39, 0.29) is 0 Å². The highest BCUT2D eigenvalue weighted by atomic mass is 79.9. The third-order valence-electron chi connectivity index (χ3n) is 3.47. The molecule has 0 unspecified atom stereocenters. The number of rotatable bonds is 5. The molecule has 0 bridgehead atoms. The number of hydrazone groups is 1. The summed E-state index contributed by atoms with van der Waals surface area (Å²) in [5.41, 5.74) is 6.60. The first kappa shape index (κ1) is 17.2. The summed E-state index contributed by atoms with van der Waals surface area (Å²) in [5.74, 6) is -0.485. The fraction of sp³-hybridized carbons (Fsp3) is 0.111. The van der Waals surface area contributed by atoms with Crippen molar-refractivity contribution in [1.82, 2.24) is 15.0 Å². The highest BCUT2D eigenvalue weighted by molar-refractivity contribution is 9.10. The standard InChI is InChI=1S/C18H15BrFN5/c1-12-8-15(11-23-18(12)20)24-25-16(10-14-4-2-3-6-21-14)13-5-7-22-17(19)9-13/h2-9,11,24H,10H2,1H3. The molecule has 0 spiro atoms. The summed E-state index contributed by atoms with van der Waals surface area (Å²) >= 11 is 3.38. The van der Waals surface area contributed by atoms with Crippen LogP contribution < -0.4 is 5.43 Å². The fourth-order valence-corrected chi connectivity index (χ4v) is 2.58. The summed E-state index contributed by atoms with van der Waals surface area (Å²) in [6.45, 7) is 1.66. The SMILES string of the molecule is Cc1cc(NN=C(Cc2ccccn2)c2ccnc(Br)c2)cnc1F. The van der Waals surface area contributed by atoms with Gasteiger partial charge in [-0.3, -0.25) is 10.4 Å². The quantitative estimate of drug-likeness (QED) is 0.397. The molecule has 0 saturated heterocycles. The van der Waals surface area contributed by atoms with Gasteiger partial charge in [0, 0.05) is 35.6 Å². The number of aromatic nitrogens is 3. The molecule has 25 heavy (non-hydrogen) atoms. The van der Waals surface area contributed by atoms with Gasteiger partial charge in [-0.25, -0.2) is 9.97 Å². The molecule has 1 N–H and O–H groups in total. The molecule has 0 aromatic carbocycles. The Balaban J connectivity index is 1.90. The molecule has 3 aromatic rings. The van der Waals surface area contributed by atoms with Crippen LogP contribution in [0.1, 0.15) is 16.8 Å². The predicted octanol–water partition coefficient (Wildman–Crippen LogP) is 4.14. The molecule has 0 amide bonds. The Hall–Kier alpha value is -2.67. The van der Waals surface area contributed by atoms with Gasteiger partial charge in [0.15, 0.2) is 0 Å². The number of hydrogen-bond acceptors (Lipinski definition) is 5. The topological polar surface area (TPSA) is 63.1 Å². The summed E-state index contributed by atoms with van der Waals surface area (Å²) in [6, 6.07) is 11.2. The molecule has 126 valence electrons. The second-order valence-corrected chi connectivity index (χ2v) is 6.18. The van der Waals surface area contributed by atoms with Crippen LogP contribution >= 0.6 is 15.9 Å². The van der Waals surface area contributed by atoms with Crippen LogP contribution in [0.5, 0.6) is 0 Å². The zero-order valence-corrected chi connectivity index (χ0v) is 15.0. The summed E-state index contributed by atoms with van der Waals surface area (Å²) in [7, 11) is 0. The maximum absolute atomic E-state index is 13.3. The number of nitrogens with zero attached hydrogens (tertiary/aromatic N) is 4. The Bertz CT molecular complexity index is 899. The second-order valence-electron chi connectivity index (χ2n) is 5.37. The zero-order valence-electron chi connectivity index (χ0n) is 13.4. The molecule has 3 rings (SSSR count). The van der Waals surface area contributed by atoms with Gasteiger partial charge in [0.2, 0.25) is 5.95 Å². The summed E-state index contributed by atoms with van der Waals surface area (Å²) in [6.07, 6.45) is 5.40. The molecule has 3 heterocycles. The Morgan fingerprint density at radius 2 is 2.04 bits per heavy atom. The van der Waals surface area contributed by atoms with Gasteiger partial charge in [0.1, 0.15) is 4.60 Å². The first-order valence-corrected chi connectivity index (χ1v) is 8.37. The normalized spacial score (nSPS) is 11.4. The molecule has 5 nitrogen and oxygen atoms in total. The van der Waals surface area contributed by atoms with Crippen molar-refractivity contribution < 1.29 is 4.39 Å². The number of aryl methyl sites for hydroxylation is 1. The van der Waals surface area contributed by atoms with Crippen molar-refractivity contribution in [3.05, 3.63) is 82.4 Å². The zero-order chi connectivity index (χ0) is 17.6. The molecular formula is C18H15BrFN5. The third-order valence-corrected chi connectivity index (χ3v) is 3.90. The van der Waals surface area contributed by atoms with E-state index in [1.54, 1.807) is 25.4 Å². The number of halogens is 2. The largest absolute Gasteiger partial charge is 0.277 e. The van der Waals surface area contributed by atoms with E-state index in [0.29, 0.717) is 17.7 Å². The summed E-state index contributed by atoms with van der Waals surface area (Å²) < 4.78 is 14.0. The van der Waals surface area contributed by atoms with Crippen molar-refractivity contribution >= 4 is 27.3 Å². The van der Waals surface area contributed by atoms with E-state index in [2.05, 4.69) is 41.4 Å². The van der Waals surface area contributed by atoms with E-state index in [4.69, 9.17) is 0 Å². The van der Waals surface area contributed by atoms with Crippen LogP contribution in [0, 0.1) is 12.9 Å². The molecule has 3 aromatic heterocycles. The van der Waals surface area contributed by atoms with Crippen LogP contribution in [-0.4, -0.2) is 20.7 Å². The van der Waals surface area contributed by atoms with Gasteiger partial charge in [-0.15, -0.1) is 0 Å². The van der Waals surface area contributed by atoms with Gasteiger partial charge in [-0.05, 0) is 53.2 Å². The highest BCUT2D eigenvalue weighted by Crippen LogP contribution is 2.14. The number of pyridine rings is 3. The van der Waals surface area contributed by atoms with Gasteiger partial charge in [0.25, 0.3) is 0 Å². The maximum Gasteiger partial charge on any atom is 0.215 e. The van der Waals surface area contributed by atoms with Crippen molar-refractivity contribution in [2.75, 3.05) is 5.43 Å². The van der Waals surface area contributed by atoms with Crippen LogP contribution in [-0.2, 0) is 6.42 Å². The van der Waals surface area contributed by atoms with Crippen LogP contribution in [0.3, 0.4) is 0 Å². The monoisotopic (exact) mass is 399 g/mol. The maximum atomic E-state index is 13.3. The Kier molecular flexibility index (Phi) is 5.45. The number of hydrogen-bond donors (Lipinski definition) is 1. The lowest BCUT2D eigenvalue weighted by atomic mass is 10.1. The van der Waals surface area contributed by atoms with Gasteiger partial charge in [-0.1, -0.05) is 6.07 Å². The minimum absolute atomic E-state index is 0.457. The molecular weight excluding hydrogens is 385 g/mol.